The molecule has 2 aromatic rings. The fourth-order valence-corrected chi connectivity index (χ4v) is 4.77. The van der Waals surface area contributed by atoms with Gasteiger partial charge in [0.2, 0.25) is 0 Å². The first-order valence-electron chi connectivity index (χ1n) is 17.5. The maximum atomic E-state index is 11.7. The molecule has 0 bridgehead atoms. The van der Waals surface area contributed by atoms with Gasteiger partial charge in [-0.2, -0.15) is 0 Å². The summed E-state index contributed by atoms with van der Waals surface area (Å²) in [5, 5.41) is 5.41. The summed E-state index contributed by atoms with van der Waals surface area (Å²) >= 11 is 0. The molecule has 0 saturated heterocycles. The normalized spacial score (nSPS) is 11.0. The standard InChI is InChI=1S/C24H37NO3Si2.C18H21NO3/c1-24(2,3)28-23(26)25-13-10-14-27-22-18-20(11-15-29(4,5)6)17-21(19-22)12-16-30(7,8)9;1-6-14-11-15(7-2)13-16(12-14)21-10-8-9-19-17(20)22-18(3,4)5/h17-19H,10,13-14H2,1-9H3,(H,25,26);1-2,11-13H,8-10H2,3-5H3,(H,19,20). The van der Waals surface area contributed by atoms with Crippen LogP contribution in [0, 0.1) is 47.6 Å². The molecule has 0 unspecified atom stereocenters. The number of hydrogen-bond acceptors (Lipinski definition) is 6. The van der Waals surface area contributed by atoms with Gasteiger partial charge in [0.05, 0.1) is 13.2 Å². The lowest BCUT2D eigenvalue weighted by atomic mass is 10.1. The van der Waals surface area contributed by atoms with Crippen LogP contribution in [0.3, 0.4) is 0 Å². The Hall–Kier alpha value is -4.75. The molecule has 0 aliphatic heterocycles. The minimum absolute atomic E-state index is 0.407. The Kier molecular flexibility index (Phi) is 18.2. The van der Waals surface area contributed by atoms with Gasteiger partial charge in [0.25, 0.3) is 0 Å². The number of carbonyl (C=O) groups is 2. The van der Waals surface area contributed by atoms with Crippen molar-refractivity contribution in [1.29, 1.82) is 0 Å². The highest BCUT2D eigenvalue weighted by molar-refractivity contribution is 6.84. The van der Waals surface area contributed by atoms with Gasteiger partial charge in [-0.3, -0.25) is 0 Å². The molecular weight excluding hydrogens is 685 g/mol. The Bertz CT molecular complexity index is 1620. The number of rotatable bonds is 10. The van der Waals surface area contributed by atoms with E-state index in [9.17, 15) is 9.59 Å². The van der Waals surface area contributed by atoms with Crippen LogP contribution in [0.1, 0.15) is 76.6 Å². The summed E-state index contributed by atoms with van der Waals surface area (Å²) in [5.74, 6) is 13.1. The second kappa shape index (κ2) is 20.9. The number of hydrogen-bond donors (Lipinski definition) is 2. The van der Waals surface area contributed by atoms with Crippen LogP contribution in [0.2, 0.25) is 39.3 Å². The van der Waals surface area contributed by atoms with Gasteiger partial charge in [-0.15, -0.1) is 23.9 Å². The molecule has 8 nitrogen and oxygen atoms in total. The first kappa shape index (κ1) is 45.3. The van der Waals surface area contributed by atoms with Crippen LogP contribution in [0.25, 0.3) is 0 Å². The van der Waals surface area contributed by atoms with Gasteiger partial charge in [-0.25, -0.2) is 9.59 Å². The molecule has 0 heterocycles. The molecule has 0 atom stereocenters. The molecule has 2 aromatic carbocycles. The third-order valence-electron chi connectivity index (χ3n) is 5.83. The molecule has 280 valence electrons. The van der Waals surface area contributed by atoms with E-state index in [2.05, 4.69) is 84.7 Å². The van der Waals surface area contributed by atoms with Crippen LogP contribution < -0.4 is 20.1 Å². The van der Waals surface area contributed by atoms with Crippen LogP contribution in [0.15, 0.2) is 36.4 Å². The van der Waals surface area contributed by atoms with E-state index in [1.807, 2.05) is 59.7 Å². The van der Waals surface area contributed by atoms with E-state index in [1.165, 1.54) is 0 Å². The summed E-state index contributed by atoms with van der Waals surface area (Å²) in [7, 11) is -2.94. The zero-order valence-corrected chi connectivity index (χ0v) is 35.3. The number of amides is 2. The maximum absolute atomic E-state index is 11.7. The number of ether oxygens (including phenoxy) is 4. The summed E-state index contributed by atoms with van der Waals surface area (Å²) in [6.45, 7) is 26.2. The van der Waals surface area contributed by atoms with Gasteiger partial charge >= 0.3 is 12.2 Å². The van der Waals surface area contributed by atoms with E-state index in [4.69, 9.17) is 31.8 Å². The van der Waals surface area contributed by atoms with Crippen molar-refractivity contribution < 1.29 is 28.5 Å². The summed E-state index contributed by atoms with van der Waals surface area (Å²) < 4.78 is 21.9. The van der Waals surface area contributed by atoms with Crippen LogP contribution in [0.5, 0.6) is 11.5 Å². The number of carbonyl (C=O) groups excluding carboxylic acids is 2. The minimum Gasteiger partial charge on any atom is -0.493 e. The lowest BCUT2D eigenvalue weighted by Gasteiger charge is -2.19. The second-order valence-corrected chi connectivity index (χ2v) is 25.5. The van der Waals surface area contributed by atoms with Crippen molar-refractivity contribution in [2.45, 2.75) is 105 Å². The highest BCUT2D eigenvalue weighted by Crippen LogP contribution is 2.18. The van der Waals surface area contributed by atoms with Crippen molar-refractivity contribution in [3.05, 3.63) is 58.7 Å². The molecular formula is C42H58N2O6Si2. The topological polar surface area (TPSA) is 95.1 Å². The summed E-state index contributed by atoms with van der Waals surface area (Å²) in [6.07, 6.45) is 11.2. The predicted molar refractivity (Wildman–Crippen MR) is 218 cm³/mol. The number of nitrogens with one attached hydrogen (secondary N) is 2. The lowest BCUT2D eigenvalue weighted by Crippen LogP contribution is -2.33. The Morgan fingerprint density at radius 1 is 0.596 bits per heavy atom. The molecule has 0 saturated carbocycles. The van der Waals surface area contributed by atoms with E-state index < -0.39 is 39.5 Å². The Balaban J connectivity index is 0.000000545. The van der Waals surface area contributed by atoms with E-state index in [-0.39, 0.29) is 0 Å². The van der Waals surface area contributed by atoms with Crippen molar-refractivity contribution in [3.63, 3.8) is 0 Å². The summed E-state index contributed by atoms with van der Waals surface area (Å²) in [5.41, 5.74) is 9.04. The molecule has 0 aliphatic rings. The first-order valence-corrected chi connectivity index (χ1v) is 24.5. The smallest absolute Gasteiger partial charge is 0.407 e. The van der Waals surface area contributed by atoms with Crippen LogP contribution in [-0.4, -0.2) is 65.8 Å². The largest absolute Gasteiger partial charge is 0.493 e. The van der Waals surface area contributed by atoms with E-state index >= 15 is 0 Å². The van der Waals surface area contributed by atoms with Crippen LogP contribution >= 0.6 is 0 Å². The quantitative estimate of drug-likeness (QED) is 0.144. The Morgan fingerprint density at radius 2 is 0.923 bits per heavy atom. The van der Waals surface area contributed by atoms with Gasteiger partial charge in [-0.1, -0.05) is 63.0 Å². The monoisotopic (exact) mass is 742 g/mol. The average Bonchev–Trinajstić information content (AvgIpc) is 3.00. The van der Waals surface area contributed by atoms with Crippen molar-refractivity contribution in [3.8, 4) is 59.1 Å². The Morgan fingerprint density at radius 3 is 1.23 bits per heavy atom. The van der Waals surface area contributed by atoms with Crippen molar-refractivity contribution >= 4 is 28.3 Å². The van der Waals surface area contributed by atoms with E-state index in [0.29, 0.717) is 56.0 Å². The van der Waals surface area contributed by atoms with Crippen molar-refractivity contribution in [2.24, 2.45) is 0 Å². The number of terminal acetylenes is 2. The highest BCUT2D eigenvalue weighted by atomic mass is 28.3. The van der Waals surface area contributed by atoms with Gasteiger partial charge in [0.1, 0.15) is 38.8 Å². The lowest BCUT2D eigenvalue weighted by molar-refractivity contribution is 0.0513. The predicted octanol–water partition coefficient (Wildman–Crippen LogP) is 8.38. The molecule has 0 aliphatic carbocycles. The van der Waals surface area contributed by atoms with Crippen LogP contribution in [-0.2, 0) is 9.47 Å². The molecule has 0 fully saturated rings. The average molecular weight is 743 g/mol. The zero-order valence-electron chi connectivity index (χ0n) is 33.3. The third-order valence-corrected chi connectivity index (χ3v) is 7.58. The van der Waals surface area contributed by atoms with E-state index in [0.717, 1.165) is 16.9 Å². The van der Waals surface area contributed by atoms with Gasteiger partial charge < -0.3 is 29.6 Å². The third kappa shape index (κ3) is 23.6. The minimum atomic E-state index is -1.47. The van der Waals surface area contributed by atoms with Gasteiger partial charge in [-0.05, 0) is 90.8 Å². The molecule has 2 rings (SSSR count). The zero-order chi connectivity index (χ0) is 39.6. The second-order valence-electron chi connectivity index (χ2n) is 16.0. The van der Waals surface area contributed by atoms with Crippen molar-refractivity contribution in [1.82, 2.24) is 10.6 Å². The molecule has 0 aromatic heterocycles. The first-order chi connectivity index (χ1) is 24.0. The van der Waals surface area contributed by atoms with Crippen LogP contribution in [0.4, 0.5) is 9.59 Å². The van der Waals surface area contributed by atoms with Gasteiger partial charge in [0, 0.05) is 35.3 Å². The molecule has 52 heavy (non-hydrogen) atoms. The summed E-state index contributed by atoms with van der Waals surface area (Å²) in [4.78, 5) is 23.1. The SMILES string of the molecule is C#Cc1cc(C#C)cc(OCCCNC(=O)OC(C)(C)C)c1.CC(C)(C)OC(=O)NCCCOc1cc(C#C[Si](C)(C)C)cc(C#C[Si](C)(C)C)c1. The fourth-order valence-electron chi connectivity index (χ4n) is 3.73. The van der Waals surface area contributed by atoms with Crippen molar-refractivity contribution in [2.75, 3.05) is 26.3 Å². The highest BCUT2D eigenvalue weighted by Gasteiger charge is 2.16. The molecule has 0 spiro atoms. The number of benzene rings is 2. The molecule has 10 heteroatoms. The molecule has 2 amide bonds. The molecule has 0 radical (unpaired) electrons. The molecule has 2 N–H and O–H groups in total. The maximum Gasteiger partial charge on any atom is 0.407 e. The van der Waals surface area contributed by atoms with E-state index in [1.54, 1.807) is 18.2 Å². The summed E-state index contributed by atoms with van der Waals surface area (Å²) in [6, 6.07) is 11.2. The fraction of sp³-hybridized carbons (Fsp3) is 0.476. The number of alkyl carbamates (subject to hydrolysis) is 2. The van der Waals surface area contributed by atoms with Gasteiger partial charge in [0.15, 0.2) is 0 Å². The Labute approximate surface area is 315 Å².